The lowest BCUT2D eigenvalue weighted by Crippen LogP contribution is -2.01. The number of aryl methyl sites for hydroxylation is 4. The molecular weight excluding hydrogens is 254 g/mol. The molecule has 0 saturated heterocycles. The van der Waals surface area contributed by atoms with Crippen LogP contribution in [0.1, 0.15) is 17.1 Å². The molecule has 0 amide bonds. The molecule has 0 radical (unpaired) electrons. The van der Waals surface area contributed by atoms with E-state index in [0.717, 1.165) is 39.6 Å². The van der Waals surface area contributed by atoms with Gasteiger partial charge in [-0.15, -0.1) is 0 Å². The Morgan fingerprint density at radius 2 is 1.65 bits per heavy atom. The van der Waals surface area contributed by atoms with E-state index in [9.17, 15) is 0 Å². The average molecular weight is 271 g/mol. The van der Waals surface area contributed by atoms with Gasteiger partial charge in [-0.1, -0.05) is 0 Å². The summed E-state index contributed by atoms with van der Waals surface area (Å²) in [7, 11) is 3.82. The van der Waals surface area contributed by atoms with E-state index in [0.29, 0.717) is 0 Å². The number of fused-ring (bicyclic) bond motifs is 1. The molecule has 0 aliphatic carbocycles. The molecule has 7 nitrogen and oxygen atoms in total. The highest BCUT2D eigenvalue weighted by molar-refractivity contribution is 5.89. The molecule has 0 atom stereocenters. The second kappa shape index (κ2) is 4.29. The van der Waals surface area contributed by atoms with E-state index in [1.54, 1.807) is 11.0 Å². The fraction of sp³-hybridized carbons (Fsp3) is 0.385. The van der Waals surface area contributed by atoms with Gasteiger partial charge in [0.1, 0.15) is 17.4 Å². The molecule has 20 heavy (non-hydrogen) atoms. The van der Waals surface area contributed by atoms with Crippen molar-refractivity contribution in [2.24, 2.45) is 14.1 Å². The summed E-state index contributed by atoms with van der Waals surface area (Å²) in [6, 6.07) is 0. The summed E-state index contributed by atoms with van der Waals surface area (Å²) in [4.78, 5) is 8.65. The van der Waals surface area contributed by atoms with Crippen molar-refractivity contribution in [2.75, 3.05) is 5.32 Å². The Balaban J connectivity index is 2.16. The molecule has 0 aliphatic heterocycles. The lowest BCUT2D eigenvalue weighted by Gasteiger charge is -2.07. The Kier molecular flexibility index (Phi) is 2.70. The number of rotatable bonds is 2. The minimum atomic E-state index is 0.748. The third-order valence-corrected chi connectivity index (χ3v) is 3.54. The van der Waals surface area contributed by atoms with Crippen LogP contribution in [-0.4, -0.2) is 29.5 Å². The van der Waals surface area contributed by atoms with E-state index in [1.807, 2.05) is 39.5 Å². The Morgan fingerprint density at radius 3 is 2.30 bits per heavy atom. The number of nitrogens with one attached hydrogen (secondary N) is 1. The first-order valence-electron chi connectivity index (χ1n) is 6.40. The summed E-state index contributed by atoms with van der Waals surface area (Å²) in [6.07, 6.45) is 1.56. The molecule has 3 heterocycles. The molecule has 0 aromatic carbocycles. The van der Waals surface area contributed by atoms with Crippen LogP contribution in [0, 0.1) is 20.8 Å². The first-order chi connectivity index (χ1) is 9.49. The first kappa shape index (κ1) is 12.6. The molecule has 104 valence electrons. The van der Waals surface area contributed by atoms with Crippen LogP contribution in [0.25, 0.3) is 11.0 Å². The number of nitrogens with zero attached hydrogens (tertiary/aromatic N) is 6. The maximum Gasteiger partial charge on any atom is 0.160 e. The standard InChI is InChI=1S/C13H17N7/c1-7-10(9(3)19(4)17-7)16-13-12-11(14-6-15-13)8(2)18-20(12)5/h6H,1-5H3,(H,14,15,16). The molecule has 0 fully saturated rings. The quantitative estimate of drug-likeness (QED) is 0.769. The number of hydrogen-bond acceptors (Lipinski definition) is 5. The van der Waals surface area contributed by atoms with Crippen molar-refractivity contribution >= 4 is 22.5 Å². The Labute approximate surface area is 116 Å². The van der Waals surface area contributed by atoms with Crippen molar-refractivity contribution in [3.05, 3.63) is 23.4 Å². The largest absolute Gasteiger partial charge is 0.335 e. The average Bonchev–Trinajstić information content (AvgIpc) is 2.82. The highest BCUT2D eigenvalue weighted by Gasteiger charge is 2.15. The van der Waals surface area contributed by atoms with Gasteiger partial charge in [0, 0.05) is 14.1 Å². The number of aromatic nitrogens is 6. The smallest absolute Gasteiger partial charge is 0.160 e. The zero-order chi connectivity index (χ0) is 14.4. The summed E-state index contributed by atoms with van der Waals surface area (Å²) in [5.74, 6) is 0.748. The predicted molar refractivity (Wildman–Crippen MR) is 77.0 cm³/mol. The molecule has 1 N–H and O–H groups in total. The Morgan fingerprint density at radius 1 is 0.950 bits per heavy atom. The Bertz CT molecular complexity index is 797. The molecule has 7 heteroatoms. The van der Waals surface area contributed by atoms with Gasteiger partial charge in [0.15, 0.2) is 5.82 Å². The predicted octanol–water partition coefficient (Wildman–Crippen LogP) is 1.77. The van der Waals surface area contributed by atoms with E-state index >= 15 is 0 Å². The van der Waals surface area contributed by atoms with E-state index < -0.39 is 0 Å². The Hall–Kier alpha value is -2.44. The maximum atomic E-state index is 4.40. The van der Waals surface area contributed by atoms with Crippen LogP contribution in [0.4, 0.5) is 11.5 Å². The molecule has 0 unspecified atom stereocenters. The molecule has 0 bridgehead atoms. The topological polar surface area (TPSA) is 73.5 Å². The van der Waals surface area contributed by atoms with E-state index in [1.165, 1.54) is 0 Å². The van der Waals surface area contributed by atoms with Gasteiger partial charge >= 0.3 is 0 Å². The van der Waals surface area contributed by atoms with Crippen LogP contribution in [0.5, 0.6) is 0 Å². The normalized spacial score (nSPS) is 11.2. The zero-order valence-corrected chi connectivity index (χ0v) is 12.3. The monoisotopic (exact) mass is 271 g/mol. The summed E-state index contributed by atoms with van der Waals surface area (Å²) in [6.45, 7) is 5.94. The summed E-state index contributed by atoms with van der Waals surface area (Å²) in [5.41, 5.74) is 5.64. The van der Waals surface area contributed by atoms with Crippen molar-refractivity contribution < 1.29 is 0 Å². The highest BCUT2D eigenvalue weighted by Crippen LogP contribution is 2.27. The lowest BCUT2D eigenvalue weighted by atomic mass is 10.3. The van der Waals surface area contributed by atoms with Gasteiger partial charge < -0.3 is 5.32 Å². The van der Waals surface area contributed by atoms with Crippen LogP contribution < -0.4 is 5.32 Å². The van der Waals surface area contributed by atoms with Gasteiger partial charge in [-0.3, -0.25) is 9.36 Å². The molecule has 3 rings (SSSR count). The summed E-state index contributed by atoms with van der Waals surface area (Å²) >= 11 is 0. The molecular formula is C13H17N7. The minimum Gasteiger partial charge on any atom is -0.335 e. The fourth-order valence-corrected chi connectivity index (χ4v) is 2.44. The highest BCUT2D eigenvalue weighted by atomic mass is 15.3. The second-order valence-electron chi connectivity index (χ2n) is 4.92. The van der Waals surface area contributed by atoms with Crippen LogP contribution in [0.15, 0.2) is 6.33 Å². The van der Waals surface area contributed by atoms with Gasteiger partial charge in [0.2, 0.25) is 0 Å². The molecule has 0 saturated carbocycles. The number of anilines is 2. The van der Waals surface area contributed by atoms with Crippen LogP contribution >= 0.6 is 0 Å². The summed E-state index contributed by atoms with van der Waals surface area (Å²) in [5, 5.41) is 12.2. The zero-order valence-electron chi connectivity index (χ0n) is 12.3. The molecule has 0 spiro atoms. The van der Waals surface area contributed by atoms with Gasteiger partial charge in [-0.05, 0) is 20.8 Å². The van der Waals surface area contributed by atoms with Crippen LogP contribution in [-0.2, 0) is 14.1 Å². The van der Waals surface area contributed by atoms with E-state index in [2.05, 4.69) is 25.5 Å². The third-order valence-electron chi connectivity index (χ3n) is 3.54. The molecule has 0 aliphatic rings. The van der Waals surface area contributed by atoms with E-state index in [4.69, 9.17) is 0 Å². The first-order valence-corrected chi connectivity index (χ1v) is 6.40. The SMILES string of the molecule is Cc1nn(C)c(C)c1Nc1ncnc2c(C)nn(C)c12. The van der Waals surface area contributed by atoms with Gasteiger partial charge in [0.25, 0.3) is 0 Å². The van der Waals surface area contributed by atoms with Crippen molar-refractivity contribution in [2.45, 2.75) is 20.8 Å². The van der Waals surface area contributed by atoms with E-state index in [-0.39, 0.29) is 0 Å². The molecule has 3 aromatic heterocycles. The van der Waals surface area contributed by atoms with Crippen LogP contribution in [0.2, 0.25) is 0 Å². The fourth-order valence-electron chi connectivity index (χ4n) is 2.44. The van der Waals surface area contributed by atoms with Crippen molar-refractivity contribution in [3.8, 4) is 0 Å². The van der Waals surface area contributed by atoms with Crippen LogP contribution in [0.3, 0.4) is 0 Å². The second-order valence-corrected chi connectivity index (χ2v) is 4.92. The van der Waals surface area contributed by atoms with Crippen molar-refractivity contribution in [1.82, 2.24) is 29.5 Å². The van der Waals surface area contributed by atoms with Gasteiger partial charge in [-0.25, -0.2) is 9.97 Å². The minimum absolute atomic E-state index is 0.748. The molecule has 3 aromatic rings. The maximum absolute atomic E-state index is 4.40. The van der Waals surface area contributed by atoms with Crippen molar-refractivity contribution in [1.29, 1.82) is 0 Å². The van der Waals surface area contributed by atoms with Crippen molar-refractivity contribution in [3.63, 3.8) is 0 Å². The number of hydrogen-bond donors (Lipinski definition) is 1. The summed E-state index contributed by atoms with van der Waals surface area (Å²) < 4.78 is 3.65. The lowest BCUT2D eigenvalue weighted by molar-refractivity contribution is 0.731. The van der Waals surface area contributed by atoms with Gasteiger partial charge in [-0.2, -0.15) is 10.2 Å². The third kappa shape index (κ3) is 1.74. The van der Waals surface area contributed by atoms with Gasteiger partial charge in [0.05, 0.1) is 22.8 Å².